The van der Waals surface area contributed by atoms with E-state index in [1.54, 1.807) is 12.4 Å². The maximum atomic E-state index is 4.28. The van der Waals surface area contributed by atoms with E-state index in [-0.39, 0.29) is 0 Å². The molecule has 0 N–H and O–H groups in total. The summed E-state index contributed by atoms with van der Waals surface area (Å²) < 4.78 is 0. The van der Waals surface area contributed by atoms with Gasteiger partial charge in [0.25, 0.3) is 0 Å². The van der Waals surface area contributed by atoms with Crippen LogP contribution in [0.4, 0.5) is 5.95 Å². The van der Waals surface area contributed by atoms with Gasteiger partial charge < -0.3 is 4.90 Å². The predicted molar refractivity (Wildman–Crippen MR) is 61.0 cm³/mol. The smallest absolute Gasteiger partial charge is 0.225 e. The molecule has 1 unspecified atom stereocenters. The van der Waals surface area contributed by atoms with Crippen LogP contribution in [-0.2, 0) is 0 Å². The van der Waals surface area contributed by atoms with Crippen molar-refractivity contribution in [2.24, 2.45) is 0 Å². The first-order valence-corrected chi connectivity index (χ1v) is 5.57. The lowest BCUT2D eigenvalue weighted by molar-refractivity contribution is 0.198. The van der Waals surface area contributed by atoms with E-state index in [2.05, 4.69) is 33.6 Å². The van der Waals surface area contributed by atoms with E-state index < -0.39 is 0 Å². The number of anilines is 1. The fraction of sp³-hybridized carbons (Fsp3) is 0.636. The highest BCUT2D eigenvalue weighted by atomic mass is 15.3. The first-order chi connectivity index (χ1) is 7.31. The molecular weight excluding hydrogens is 188 g/mol. The number of aromatic nitrogens is 2. The van der Waals surface area contributed by atoms with Crippen LogP contribution < -0.4 is 4.90 Å². The summed E-state index contributed by atoms with van der Waals surface area (Å²) in [5.74, 6) is 0.861. The minimum absolute atomic E-state index is 0.590. The summed E-state index contributed by atoms with van der Waals surface area (Å²) in [6.45, 7) is 8.77. The average molecular weight is 206 g/mol. The summed E-state index contributed by atoms with van der Waals surface area (Å²) in [7, 11) is 0. The van der Waals surface area contributed by atoms with Gasteiger partial charge in [0, 0.05) is 38.1 Å². The van der Waals surface area contributed by atoms with E-state index in [1.807, 2.05) is 6.07 Å². The SMILES string of the molecule is CCN1CCN(c2ncccn2)CC1C. The standard InChI is InChI=1S/C11H18N4/c1-3-14-7-8-15(9-10(14)2)11-12-5-4-6-13-11/h4-6,10H,3,7-9H2,1-2H3. The molecule has 1 aliphatic heterocycles. The summed E-state index contributed by atoms with van der Waals surface area (Å²) in [4.78, 5) is 13.3. The van der Waals surface area contributed by atoms with Gasteiger partial charge in [-0.3, -0.25) is 4.90 Å². The van der Waals surface area contributed by atoms with Gasteiger partial charge in [-0.05, 0) is 19.5 Å². The Morgan fingerprint density at radius 2 is 2.07 bits per heavy atom. The molecule has 0 aromatic carbocycles. The summed E-state index contributed by atoms with van der Waals surface area (Å²) in [6.07, 6.45) is 3.61. The van der Waals surface area contributed by atoms with E-state index >= 15 is 0 Å². The van der Waals surface area contributed by atoms with Crippen LogP contribution in [0.25, 0.3) is 0 Å². The lowest BCUT2D eigenvalue weighted by Gasteiger charge is -2.39. The minimum Gasteiger partial charge on any atom is -0.338 e. The molecule has 82 valence electrons. The lowest BCUT2D eigenvalue weighted by Crippen LogP contribution is -2.52. The van der Waals surface area contributed by atoms with Crippen LogP contribution >= 0.6 is 0 Å². The highest BCUT2D eigenvalue weighted by Crippen LogP contribution is 2.13. The van der Waals surface area contributed by atoms with Crippen molar-refractivity contribution in [3.05, 3.63) is 18.5 Å². The lowest BCUT2D eigenvalue weighted by atomic mass is 10.2. The second-order valence-electron chi connectivity index (χ2n) is 3.97. The van der Waals surface area contributed by atoms with Gasteiger partial charge in [0.05, 0.1) is 0 Å². The quantitative estimate of drug-likeness (QED) is 0.723. The molecule has 1 aromatic heterocycles. The second-order valence-corrected chi connectivity index (χ2v) is 3.97. The van der Waals surface area contributed by atoms with E-state index in [1.165, 1.54) is 0 Å². The summed E-state index contributed by atoms with van der Waals surface area (Å²) >= 11 is 0. The Balaban J connectivity index is 2.03. The van der Waals surface area contributed by atoms with Crippen molar-refractivity contribution < 1.29 is 0 Å². The highest BCUT2D eigenvalue weighted by Gasteiger charge is 2.23. The largest absolute Gasteiger partial charge is 0.338 e. The van der Waals surface area contributed by atoms with Gasteiger partial charge in [-0.1, -0.05) is 6.92 Å². The van der Waals surface area contributed by atoms with Crippen LogP contribution in [0.1, 0.15) is 13.8 Å². The second kappa shape index (κ2) is 4.57. The third-order valence-corrected chi connectivity index (χ3v) is 3.01. The minimum atomic E-state index is 0.590. The maximum absolute atomic E-state index is 4.28. The molecular formula is C11H18N4. The van der Waals surface area contributed by atoms with E-state index in [0.29, 0.717) is 6.04 Å². The van der Waals surface area contributed by atoms with Crippen LogP contribution in [0.15, 0.2) is 18.5 Å². The van der Waals surface area contributed by atoms with Crippen LogP contribution in [0.2, 0.25) is 0 Å². The molecule has 1 aliphatic rings. The fourth-order valence-corrected chi connectivity index (χ4v) is 2.10. The molecule has 0 bridgehead atoms. The van der Waals surface area contributed by atoms with Crippen molar-refractivity contribution in [2.45, 2.75) is 19.9 Å². The molecule has 0 saturated carbocycles. The normalized spacial score (nSPS) is 23.1. The Labute approximate surface area is 90.9 Å². The molecule has 4 heteroatoms. The molecule has 0 aliphatic carbocycles. The number of hydrogen-bond donors (Lipinski definition) is 0. The van der Waals surface area contributed by atoms with Crippen LogP contribution in [0, 0.1) is 0 Å². The first-order valence-electron chi connectivity index (χ1n) is 5.57. The van der Waals surface area contributed by atoms with Crippen molar-refractivity contribution in [3.8, 4) is 0 Å². The Hall–Kier alpha value is -1.16. The fourth-order valence-electron chi connectivity index (χ4n) is 2.10. The number of piperazine rings is 1. The highest BCUT2D eigenvalue weighted by molar-refractivity contribution is 5.29. The molecule has 1 aromatic rings. The topological polar surface area (TPSA) is 32.3 Å². The van der Waals surface area contributed by atoms with Crippen molar-refractivity contribution in [1.29, 1.82) is 0 Å². The van der Waals surface area contributed by atoms with Crippen LogP contribution in [0.5, 0.6) is 0 Å². The van der Waals surface area contributed by atoms with Gasteiger partial charge >= 0.3 is 0 Å². The van der Waals surface area contributed by atoms with Gasteiger partial charge in [-0.25, -0.2) is 9.97 Å². The number of nitrogens with zero attached hydrogens (tertiary/aromatic N) is 4. The van der Waals surface area contributed by atoms with Gasteiger partial charge in [-0.2, -0.15) is 0 Å². The summed E-state index contributed by atoms with van der Waals surface area (Å²) in [6, 6.07) is 2.45. The molecule has 0 spiro atoms. The summed E-state index contributed by atoms with van der Waals surface area (Å²) in [5, 5.41) is 0. The van der Waals surface area contributed by atoms with E-state index in [0.717, 1.165) is 32.1 Å². The van der Waals surface area contributed by atoms with Crippen LogP contribution in [-0.4, -0.2) is 47.1 Å². The average Bonchev–Trinajstić information content (AvgIpc) is 2.30. The molecule has 1 fully saturated rings. The van der Waals surface area contributed by atoms with Crippen LogP contribution in [0.3, 0.4) is 0 Å². The Morgan fingerprint density at radius 3 is 2.67 bits per heavy atom. The van der Waals surface area contributed by atoms with Crippen molar-refractivity contribution in [3.63, 3.8) is 0 Å². The van der Waals surface area contributed by atoms with Gasteiger partial charge in [0.1, 0.15) is 0 Å². The molecule has 2 heterocycles. The predicted octanol–water partition coefficient (Wildman–Crippen LogP) is 1.01. The van der Waals surface area contributed by atoms with Crippen molar-refractivity contribution in [2.75, 3.05) is 31.1 Å². The van der Waals surface area contributed by atoms with E-state index in [4.69, 9.17) is 0 Å². The molecule has 0 amide bonds. The summed E-state index contributed by atoms with van der Waals surface area (Å²) in [5.41, 5.74) is 0. The molecule has 15 heavy (non-hydrogen) atoms. The molecule has 0 radical (unpaired) electrons. The van der Waals surface area contributed by atoms with Crippen molar-refractivity contribution in [1.82, 2.24) is 14.9 Å². The molecule has 1 atom stereocenters. The third-order valence-electron chi connectivity index (χ3n) is 3.01. The molecule has 4 nitrogen and oxygen atoms in total. The molecule has 1 saturated heterocycles. The first kappa shape index (κ1) is 10.4. The number of likely N-dealkylation sites (N-methyl/N-ethyl adjacent to an activating group) is 1. The monoisotopic (exact) mass is 206 g/mol. The Morgan fingerprint density at radius 1 is 1.33 bits per heavy atom. The van der Waals surface area contributed by atoms with Gasteiger partial charge in [0.2, 0.25) is 5.95 Å². The number of hydrogen-bond acceptors (Lipinski definition) is 4. The zero-order valence-electron chi connectivity index (χ0n) is 9.43. The third kappa shape index (κ3) is 2.26. The zero-order valence-corrected chi connectivity index (χ0v) is 9.43. The zero-order chi connectivity index (χ0) is 10.7. The van der Waals surface area contributed by atoms with Gasteiger partial charge in [-0.15, -0.1) is 0 Å². The van der Waals surface area contributed by atoms with Crippen molar-refractivity contribution >= 4 is 5.95 Å². The Bertz CT molecular complexity index is 301. The Kier molecular flexibility index (Phi) is 3.16. The van der Waals surface area contributed by atoms with Gasteiger partial charge in [0.15, 0.2) is 0 Å². The number of rotatable bonds is 2. The van der Waals surface area contributed by atoms with E-state index in [9.17, 15) is 0 Å². The maximum Gasteiger partial charge on any atom is 0.225 e. The molecule has 2 rings (SSSR count).